The van der Waals surface area contributed by atoms with E-state index in [1.54, 1.807) is 4.57 Å². The first kappa shape index (κ1) is 37.2. The van der Waals surface area contributed by atoms with Crippen molar-refractivity contribution in [2.45, 2.75) is 31.1 Å². The van der Waals surface area contributed by atoms with Crippen molar-refractivity contribution in [3.8, 4) is 0 Å². The van der Waals surface area contributed by atoms with Crippen LogP contribution in [0.5, 0.6) is 0 Å². The number of aliphatic hydroxyl groups excluding tert-OH is 1. The Morgan fingerprint density at radius 3 is 2.50 bits per heavy atom. The van der Waals surface area contributed by atoms with Gasteiger partial charge in [-0.15, -0.1) is 0 Å². The van der Waals surface area contributed by atoms with Gasteiger partial charge in [0.05, 0.1) is 46.7 Å². The summed E-state index contributed by atoms with van der Waals surface area (Å²) in [5, 5.41) is 11.3. The number of phosphoric ester groups is 1. The summed E-state index contributed by atoms with van der Waals surface area (Å²) in [4.78, 5) is 57.2. The molecule has 2 aliphatic heterocycles. The quantitative estimate of drug-likeness (QED) is 0.0555. The molecule has 0 bridgehead atoms. The maximum atomic E-state index is 13.2. The molecule has 24 nitrogen and oxygen atoms in total. The molecule has 1 fully saturated rings. The molecule has 0 radical (unpaired) electrons. The van der Waals surface area contributed by atoms with Gasteiger partial charge in [-0.2, -0.15) is 0 Å². The first-order valence-corrected chi connectivity index (χ1v) is 18.2. The Morgan fingerprint density at radius 1 is 0.981 bits per heavy atom. The molecule has 52 heavy (non-hydrogen) atoms. The number of hydrogen-bond acceptors (Lipinski definition) is 20. The minimum absolute atomic E-state index is 0.0343. The lowest BCUT2D eigenvalue weighted by Crippen LogP contribution is -2.36. The third kappa shape index (κ3) is 7.76. The normalized spacial score (nSPS) is 23.7. The number of phosphoric acid groups is 1. The minimum atomic E-state index is -4.89. The lowest BCUT2D eigenvalue weighted by atomic mass is 10.1. The van der Waals surface area contributed by atoms with Crippen LogP contribution in [0, 0.1) is 0 Å². The van der Waals surface area contributed by atoms with Crippen LogP contribution < -0.4 is 11.5 Å². The van der Waals surface area contributed by atoms with E-state index >= 15 is 0 Å². The smallest absolute Gasteiger partial charge is 0.472 e. The zero-order chi connectivity index (χ0) is 37.2. The highest BCUT2D eigenvalue weighted by molar-refractivity contribution is 7.52. The van der Waals surface area contributed by atoms with E-state index in [4.69, 9.17) is 48.7 Å². The highest BCUT2D eigenvalue weighted by Gasteiger charge is 2.49. The third-order valence-electron chi connectivity index (χ3n) is 7.56. The molecule has 2 aliphatic rings. The van der Waals surface area contributed by atoms with Crippen LogP contribution in [0.3, 0.4) is 0 Å². The van der Waals surface area contributed by atoms with E-state index in [2.05, 4.69) is 29.9 Å². The number of nitrogens with two attached hydrogens (primary N) is 2. The monoisotopic (exact) mass is 770 g/mol. The molecule has 0 saturated carbocycles. The van der Waals surface area contributed by atoms with Crippen molar-refractivity contribution < 1.29 is 66.1 Å². The molecular weight excluding hydrogens is 738 g/mol. The lowest BCUT2D eigenvalue weighted by Gasteiger charge is -2.24. The Bertz CT molecular complexity index is 2120. The number of aliphatic hydroxyl groups is 1. The molecule has 3 unspecified atom stereocenters. The summed E-state index contributed by atoms with van der Waals surface area (Å²) in [7, 11) is -7.05. The Balaban J connectivity index is 1.13. The molecule has 280 valence electrons. The van der Waals surface area contributed by atoms with Gasteiger partial charge in [-0.3, -0.25) is 22.7 Å². The molecule has 0 aliphatic carbocycles. The molecule has 1 saturated heterocycles. The number of esters is 1. The Labute approximate surface area is 292 Å². The second kappa shape index (κ2) is 15.2. The van der Waals surface area contributed by atoms with Crippen LogP contribution in [-0.4, -0.2) is 119 Å². The van der Waals surface area contributed by atoms with Gasteiger partial charge in [0, 0.05) is 6.54 Å². The second-order valence-electron chi connectivity index (χ2n) is 10.8. The Kier molecular flexibility index (Phi) is 10.8. The van der Waals surface area contributed by atoms with Crippen LogP contribution in [-0.2, 0) is 57.7 Å². The van der Waals surface area contributed by atoms with E-state index in [0.717, 1.165) is 12.4 Å². The van der Waals surface area contributed by atoms with Gasteiger partial charge < -0.3 is 54.6 Å². The summed E-state index contributed by atoms with van der Waals surface area (Å²) in [6.45, 7) is -1.33. The van der Waals surface area contributed by atoms with Gasteiger partial charge >= 0.3 is 21.4 Å². The van der Waals surface area contributed by atoms with Crippen LogP contribution in [0.4, 0.5) is 11.6 Å². The van der Waals surface area contributed by atoms with Crippen LogP contribution in [0.1, 0.15) is 6.23 Å². The number of carbonyl (C=O) groups is 1. The fourth-order valence-electron chi connectivity index (χ4n) is 5.25. The van der Waals surface area contributed by atoms with Gasteiger partial charge in [0.15, 0.2) is 34.9 Å². The van der Waals surface area contributed by atoms with Gasteiger partial charge in [-0.05, 0) is 6.08 Å². The predicted molar refractivity (Wildman–Crippen MR) is 172 cm³/mol. The standard InChI is InChI=1S/C26H32N10O14P2/c1-43-19-13(49-26(38)20(19)44-2)3-5-46-52(41,42)47-7-14-18(17(37)25(48-14)36-11-33-15-21(27)29-9-32-24(15)36)50-51(39,40)12-45-6-4-35-10-34-23-16(35)22(28)30-8-31-23/h3,8-11,14,17-18,25,37H,4-7,12H2,1-2H3,(H,39,40)(H,41,42)(H2,27,29,32)(H2,28,30,31)/b13-3-/t14-,17?,18+,25-/m1/s1. The van der Waals surface area contributed by atoms with Crippen molar-refractivity contribution in [2.75, 3.05) is 51.9 Å². The number of ether oxygens (including phenoxy) is 5. The van der Waals surface area contributed by atoms with Crippen LogP contribution in [0.25, 0.3) is 22.3 Å². The number of carbonyl (C=O) groups excluding carboxylic acids is 1. The van der Waals surface area contributed by atoms with Crippen molar-refractivity contribution in [2.24, 2.45) is 0 Å². The van der Waals surface area contributed by atoms with Crippen LogP contribution >= 0.6 is 15.4 Å². The molecule has 0 amide bonds. The average molecular weight is 771 g/mol. The van der Waals surface area contributed by atoms with Crippen molar-refractivity contribution in [1.29, 1.82) is 0 Å². The van der Waals surface area contributed by atoms with E-state index in [-0.39, 0.29) is 53.2 Å². The summed E-state index contributed by atoms with van der Waals surface area (Å²) in [5.74, 6) is -1.03. The minimum Gasteiger partial charge on any atom is -0.490 e. The molecule has 0 aromatic carbocycles. The highest BCUT2D eigenvalue weighted by atomic mass is 31.2. The number of fused-ring (bicyclic) bond motifs is 2. The summed E-state index contributed by atoms with van der Waals surface area (Å²) in [5.41, 5.74) is 12.9. The zero-order valence-corrected chi connectivity index (χ0v) is 29.0. The zero-order valence-electron chi connectivity index (χ0n) is 27.2. The van der Waals surface area contributed by atoms with E-state index in [1.807, 2.05) is 0 Å². The summed E-state index contributed by atoms with van der Waals surface area (Å²) < 4.78 is 70.8. The number of nitrogens with zero attached hydrogens (tertiary/aromatic N) is 8. The van der Waals surface area contributed by atoms with E-state index in [9.17, 15) is 28.8 Å². The van der Waals surface area contributed by atoms with E-state index in [0.29, 0.717) is 11.2 Å². The largest absolute Gasteiger partial charge is 0.490 e. The van der Waals surface area contributed by atoms with Gasteiger partial charge in [0.2, 0.25) is 5.76 Å². The SMILES string of the molecule is COC1=C(OC)/C(=C/COP(=O)(O)OC[C@H]2O[C@@H](n3cnc4c(N)ncnc43)C(O)[C@H]2OP(=O)(O)COCCn2cnc3ncnc(N)c32)OC1=O. The molecule has 4 aromatic heterocycles. The van der Waals surface area contributed by atoms with Gasteiger partial charge in [-0.1, -0.05) is 0 Å². The van der Waals surface area contributed by atoms with Gasteiger partial charge in [-0.25, -0.2) is 39.3 Å². The van der Waals surface area contributed by atoms with E-state index < -0.39 is 65.5 Å². The van der Waals surface area contributed by atoms with Crippen molar-refractivity contribution in [3.63, 3.8) is 0 Å². The lowest BCUT2D eigenvalue weighted by molar-refractivity contribution is -0.136. The molecule has 0 spiro atoms. The fourth-order valence-corrected chi connectivity index (χ4v) is 6.98. The molecule has 7 N–H and O–H groups in total. The number of aromatic nitrogens is 8. The molecule has 6 heterocycles. The van der Waals surface area contributed by atoms with Gasteiger partial charge in [0.25, 0.3) is 5.76 Å². The molecule has 6 atom stereocenters. The first-order valence-electron chi connectivity index (χ1n) is 14.9. The van der Waals surface area contributed by atoms with E-state index in [1.165, 1.54) is 37.8 Å². The van der Waals surface area contributed by atoms with Crippen molar-refractivity contribution in [1.82, 2.24) is 39.0 Å². The highest BCUT2D eigenvalue weighted by Crippen LogP contribution is 2.49. The Morgan fingerprint density at radius 2 is 1.73 bits per heavy atom. The molecule has 6 rings (SSSR count). The summed E-state index contributed by atoms with van der Waals surface area (Å²) in [6, 6.07) is 0. The van der Waals surface area contributed by atoms with Crippen molar-refractivity contribution >= 4 is 55.4 Å². The van der Waals surface area contributed by atoms with Gasteiger partial charge in [0.1, 0.15) is 48.3 Å². The molecular formula is C26H32N10O14P2. The maximum Gasteiger partial charge on any atom is 0.472 e. The summed E-state index contributed by atoms with van der Waals surface area (Å²) in [6.07, 6.45) is -0.737. The molecule has 26 heteroatoms. The topological polar surface area (TPSA) is 325 Å². The Hall–Kier alpha value is -4.61. The van der Waals surface area contributed by atoms with Crippen molar-refractivity contribution in [3.05, 3.63) is 48.7 Å². The average Bonchev–Trinajstić information content (AvgIpc) is 3.86. The first-order chi connectivity index (χ1) is 24.8. The maximum absolute atomic E-state index is 13.2. The number of rotatable bonds is 16. The number of hydrogen-bond donors (Lipinski definition) is 5. The predicted octanol–water partition coefficient (Wildman–Crippen LogP) is -0.288. The number of cyclic esters (lactones) is 1. The summed E-state index contributed by atoms with van der Waals surface area (Å²) >= 11 is 0. The van der Waals surface area contributed by atoms with Crippen LogP contribution in [0.15, 0.2) is 48.7 Å². The number of methoxy groups -OCH3 is 2. The molecule has 4 aromatic rings. The fraction of sp³-hybridized carbons (Fsp3) is 0.423. The number of nitrogen functional groups attached to an aromatic ring is 2. The van der Waals surface area contributed by atoms with Crippen LogP contribution in [0.2, 0.25) is 0 Å². The third-order valence-corrected chi connectivity index (χ3v) is 9.59. The second-order valence-corrected chi connectivity index (χ2v) is 14.0. The number of anilines is 2. The number of imidazole rings is 2.